The first-order valence-corrected chi connectivity index (χ1v) is 7.85. The molecule has 2 rings (SSSR count). The van der Waals surface area contributed by atoms with E-state index in [1.54, 1.807) is 0 Å². The van der Waals surface area contributed by atoms with Gasteiger partial charge in [-0.25, -0.2) is 9.59 Å². The molecule has 0 aromatic heterocycles. The maximum absolute atomic E-state index is 12.4. The van der Waals surface area contributed by atoms with Crippen molar-refractivity contribution in [3.8, 4) is 0 Å². The van der Waals surface area contributed by atoms with E-state index < -0.39 is 12.0 Å². The Bertz CT molecular complexity index is 548. The molecular formula is C15H19BrN2O3. The van der Waals surface area contributed by atoms with Crippen molar-refractivity contribution in [1.82, 2.24) is 4.90 Å². The Morgan fingerprint density at radius 3 is 2.76 bits per heavy atom. The second-order valence-electron chi connectivity index (χ2n) is 5.31. The number of amides is 2. The third kappa shape index (κ3) is 3.97. The van der Waals surface area contributed by atoms with Crippen LogP contribution in [0.5, 0.6) is 0 Å². The van der Waals surface area contributed by atoms with Crippen molar-refractivity contribution in [2.45, 2.75) is 38.6 Å². The number of carboxylic acids is 1. The Kier molecular flexibility index (Phi) is 5.22. The van der Waals surface area contributed by atoms with Crippen LogP contribution in [-0.4, -0.2) is 34.6 Å². The number of halogens is 1. The molecule has 2 amide bonds. The van der Waals surface area contributed by atoms with Gasteiger partial charge < -0.3 is 15.3 Å². The van der Waals surface area contributed by atoms with Crippen molar-refractivity contribution in [2.75, 3.05) is 11.9 Å². The second-order valence-corrected chi connectivity index (χ2v) is 6.16. The molecule has 1 aromatic rings. The summed E-state index contributed by atoms with van der Waals surface area (Å²) in [4.78, 5) is 25.2. The fraction of sp³-hybridized carbons (Fsp3) is 0.467. The summed E-state index contributed by atoms with van der Waals surface area (Å²) < 4.78 is 0.789. The number of aryl methyl sites for hydroxylation is 1. The monoisotopic (exact) mass is 354 g/mol. The molecule has 1 fully saturated rings. The lowest BCUT2D eigenvalue weighted by Crippen LogP contribution is -2.46. The Morgan fingerprint density at radius 2 is 2.10 bits per heavy atom. The van der Waals surface area contributed by atoms with Gasteiger partial charge in [-0.05, 0) is 53.4 Å². The van der Waals surface area contributed by atoms with Gasteiger partial charge in [0.2, 0.25) is 0 Å². The maximum Gasteiger partial charge on any atom is 0.326 e. The number of hydrogen-bond donors (Lipinski definition) is 2. The van der Waals surface area contributed by atoms with E-state index >= 15 is 0 Å². The average molecular weight is 355 g/mol. The number of carbonyl (C=O) groups excluding carboxylic acids is 1. The predicted molar refractivity (Wildman–Crippen MR) is 84.5 cm³/mol. The van der Waals surface area contributed by atoms with E-state index in [0.29, 0.717) is 18.7 Å². The van der Waals surface area contributed by atoms with Crippen molar-refractivity contribution >= 4 is 33.6 Å². The standard InChI is InChI=1S/C15H19BrN2O3/c1-10-6-7-12(11(16)9-10)17-15(21)18-8-4-2-3-5-13(18)14(19)20/h6-7,9,13H,2-5,8H2,1H3,(H,17,21)(H,19,20). The van der Waals surface area contributed by atoms with Gasteiger partial charge in [-0.3, -0.25) is 0 Å². The normalized spacial score (nSPS) is 19.0. The highest BCUT2D eigenvalue weighted by atomic mass is 79.9. The van der Waals surface area contributed by atoms with Crippen LogP contribution < -0.4 is 5.32 Å². The second kappa shape index (κ2) is 6.93. The van der Waals surface area contributed by atoms with Gasteiger partial charge in [-0.15, -0.1) is 0 Å². The summed E-state index contributed by atoms with van der Waals surface area (Å²) in [5, 5.41) is 12.1. The molecule has 0 aliphatic carbocycles. The van der Waals surface area contributed by atoms with E-state index in [-0.39, 0.29) is 6.03 Å². The van der Waals surface area contributed by atoms with E-state index in [4.69, 9.17) is 0 Å². The van der Waals surface area contributed by atoms with Crippen LogP contribution in [0.1, 0.15) is 31.2 Å². The first kappa shape index (κ1) is 15.8. The van der Waals surface area contributed by atoms with Crippen LogP contribution >= 0.6 is 15.9 Å². The Balaban J connectivity index is 2.14. The summed E-state index contributed by atoms with van der Waals surface area (Å²) in [7, 11) is 0. The molecule has 114 valence electrons. The molecule has 5 nitrogen and oxygen atoms in total. The van der Waals surface area contributed by atoms with Crippen LogP contribution in [0.2, 0.25) is 0 Å². The van der Waals surface area contributed by atoms with Crippen molar-refractivity contribution in [3.05, 3.63) is 28.2 Å². The van der Waals surface area contributed by atoms with Gasteiger partial charge in [-0.2, -0.15) is 0 Å². The number of likely N-dealkylation sites (tertiary alicyclic amines) is 1. The lowest BCUT2D eigenvalue weighted by molar-refractivity contribution is -0.142. The Morgan fingerprint density at radius 1 is 1.33 bits per heavy atom. The zero-order chi connectivity index (χ0) is 15.4. The zero-order valence-corrected chi connectivity index (χ0v) is 13.5. The summed E-state index contributed by atoms with van der Waals surface area (Å²) in [5.41, 5.74) is 1.73. The molecule has 6 heteroatoms. The predicted octanol–water partition coefficient (Wildman–Crippen LogP) is 3.62. The Hall–Kier alpha value is -1.56. The van der Waals surface area contributed by atoms with E-state index in [2.05, 4.69) is 21.2 Å². The van der Waals surface area contributed by atoms with Crippen LogP contribution in [0.3, 0.4) is 0 Å². The quantitative estimate of drug-likeness (QED) is 0.851. The molecule has 1 aromatic carbocycles. The molecule has 1 heterocycles. The fourth-order valence-corrected chi connectivity index (χ4v) is 3.11. The largest absolute Gasteiger partial charge is 0.480 e. The van der Waals surface area contributed by atoms with Gasteiger partial charge in [0.1, 0.15) is 6.04 Å². The molecule has 21 heavy (non-hydrogen) atoms. The van der Waals surface area contributed by atoms with Crippen molar-refractivity contribution in [1.29, 1.82) is 0 Å². The molecule has 1 atom stereocenters. The van der Waals surface area contributed by atoms with E-state index in [9.17, 15) is 14.7 Å². The summed E-state index contributed by atoms with van der Waals surface area (Å²) in [6.07, 6.45) is 3.15. The van der Waals surface area contributed by atoms with Crippen LogP contribution in [0, 0.1) is 6.92 Å². The van der Waals surface area contributed by atoms with Crippen LogP contribution in [0.4, 0.5) is 10.5 Å². The van der Waals surface area contributed by atoms with E-state index in [0.717, 1.165) is 29.3 Å². The highest BCUT2D eigenvalue weighted by Gasteiger charge is 2.30. The smallest absolute Gasteiger partial charge is 0.326 e. The van der Waals surface area contributed by atoms with Crippen molar-refractivity contribution in [2.24, 2.45) is 0 Å². The summed E-state index contributed by atoms with van der Waals surface area (Å²) in [5.74, 6) is -0.935. The number of hydrogen-bond acceptors (Lipinski definition) is 2. The van der Waals surface area contributed by atoms with Gasteiger partial charge in [-0.1, -0.05) is 18.9 Å². The zero-order valence-electron chi connectivity index (χ0n) is 11.9. The number of rotatable bonds is 2. The van der Waals surface area contributed by atoms with Crippen LogP contribution in [-0.2, 0) is 4.79 Å². The van der Waals surface area contributed by atoms with Crippen LogP contribution in [0.25, 0.3) is 0 Å². The lowest BCUT2D eigenvalue weighted by Gasteiger charge is -2.27. The van der Waals surface area contributed by atoms with Gasteiger partial charge in [0.15, 0.2) is 0 Å². The van der Waals surface area contributed by atoms with Crippen LogP contribution in [0.15, 0.2) is 22.7 Å². The number of aliphatic carboxylic acids is 1. The number of urea groups is 1. The van der Waals surface area contributed by atoms with Crippen molar-refractivity contribution in [3.63, 3.8) is 0 Å². The number of nitrogens with one attached hydrogen (secondary N) is 1. The summed E-state index contributed by atoms with van der Waals surface area (Å²) in [6.45, 7) is 2.44. The minimum absolute atomic E-state index is 0.353. The number of carbonyl (C=O) groups is 2. The molecule has 0 saturated carbocycles. The van der Waals surface area contributed by atoms with E-state index in [1.165, 1.54) is 4.90 Å². The number of benzene rings is 1. The number of anilines is 1. The highest BCUT2D eigenvalue weighted by molar-refractivity contribution is 9.10. The van der Waals surface area contributed by atoms with Gasteiger partial charge in [0.25, 0.3) is 0 Å². The van der Waals surface area contributed by atoms with Crippen molar-refractivity contribution < 1.29 is 14.7 Å². The summed E-state index contributed by atoms with van der Waals surface area (Å²) in [6, 6.07) is 4.53. The third-order valence-electron chi connectivity index (χ3n) is 3.66. The van der Waals surface area contributed by atoms with Gasteiger partial charge in [0.05, 0.1) is 5.69 Å². The summed E-state index contributed by atoms with van der Waals surface area (Å²) >= 11 is 3.41. The molecule has 0 spiro atoms. The van der Waals surface area contributed by atoms with Gasteiger partial charge in [0, 0.05) is 11.0 Å². The number of carboxylic acid groups (broad SMARTS) is 1. The SMILES string of the molecule is Cc1ccc(NC(=O)N2CCCCCC2C(=O)O)c(Br)c1. The third-order valence-corrected chi connectivity index (χ3v) is 4.32. The first-order chi connectivity index (χ1) is 9.99. The molecule has 0 bridgehead atoms. The average Bonchev–Trinajstić information content (AvgIpc) is 2.67. The lowest BCUT2D eigenvalue weighted by atomic mass is 10.1. The highest BCUT2D eigenvalue weighted by Crippen LogP contribution is 2.25. The molecule has 1 saturated heterocycles. The Labute approximate surface area is 132 Å². The van der Waals surface area contributed by atoms with E-state index in [1.807, 2.05) is 25.1 Å². The minimum atomic E-state index is -0.935. The maximum atomic E-state index is 12.4. The molecule has 1 unspecified atom stereocenters. The number of nitrogens with zero attached hydrogens (tertiary/aromatic N) is 1. The molecule has 1 aliphatic heterocycles. The topological polar surface area (TPSA) is 69.6 Å². The van der Waals surface area contributed by atoms with Gasteiger partial charge >= 0.3 is 12.0 Å². The molecule has 0 radical (unpaired) electrons. The molecule has 1 aliphatic rings. The minimum Gasteiger partial charge on any atom is -0.480 e. The first-order valence-electron chi connectivity index (χ1n) is 7.05. The fourth-order valence-electron chi connectivity index (χ4n) is 2.52. The molecular weight excluding hydrogens is 336 g/mol. The molecule has 2 N–H and O–H groups in total.